The van der Waals surface area contributed by atoms with Crippen LogP contribution in [-0.2, 0) is 26.8 Å². The Balaban J connectivity index is 1.68. The van der Waals surface area contributed by atoms with Gasteiger partial charge >= 0.3 is 0 Å². The summed E-state index contributed by atoms with van der Waals surface area (Å²) in [6.45, 7) is 4.59. The number of rotatable bonds is 11. The fraction of sp³-hybridized carbons (Fsp3) is 0.360. The number of hydrogen-bond acceptors (Lipinski definition) is 10. The maximum absolute atomic E-state index is 11.3. The second-order valence-corrected chi connectivity index (χ2v) is 14.2. The van der Waals surface area contributed by atoms with Crippen molar-refractivity contribution in [2.45, 2.75) is 44.6 Å². The van der Waals surface area contributed by atoms with Crippen molar-refractivity contribution in [3.63, 3.8) is 0 Å². The van der Waals surface area contributed by atoms with Crippen LogP contribution in [0.2, 0.25) is 0 Å². The first-order chi connectivity index (χ1) is 17.9. The molecule has 4 rings (SSSR count). The van der Waals surface area contributed by atoms with E-state index in [2.05, 4.69) is 28.2 Å². The molecule has 1 aromatic heterocycles. The molecule has 0 bridgehead atoms. The van der Waals surface area contributed by atoms with Gasteiger partial charge in [-0.05, 0) is 54.2 Å². The number of aromatic nitrogens is 2. The normalized spacial score (nSPS) is 15.5. The first-order valence-electron chi connectivity index (χ1n) is 12.1. The van der Waals surface area contributed by atoms with Crippen LogP contribution in [0.3, 0.4) is 0 Å². The highest BCUT2D eigenvalue weighted by Gasteiger charge is 2.27. The van der Waals surface area contributed by atoms with E-state index in [1.165, 1.54) is 11.3 Å². The van der Waals surface area contributed by atoms with Crippen molar-refractivity contribution in [1.29, 1.82) is 0 Å². The maximum atomic E-state index is 11.3. The van der Waals surface area contributed by atoms with E-state index in [1.807, 2.05) is 44.2 Å². The van der Waals surface area contributed by atoms with Gasteiger partial charge in [0.2, 0.25) is 0 Å². The largest absolute Gasteiger partial charge is 0.748 e. The van der Waals surface area contributed by atoms with Crippen molar-refractivity contribution >= 4 is 65.9 Å². The fourth-order valence-corrected chi connectivity index (χ4v) is 7.30. The molecule has 0 N–H and O–H groups in total. The van der Waals surface area contributed by atoms with Gasteiger partial charge in [0.1, 0.15) is 0 Å². The second-order valence-electron chi connectivity index (χ2n) is 8.86. The van der Waals surface area contributed by atoms with E-state index in [0.29, 0.717) is 19.5 Å². The lowest BCUT2D eigenvalue weighted by Crippen LogP contribution is -2.39. The Morgan fingerprint density at radius 3 is 2.47 bits per heavy atom. The average Bonchev–Trinajstić information content (AvgIpc) is 3.36. The first-order valence-corrected chi connectivity index (χ1v) is 16.9. The van der Waals surface area contributed by atoms with Crippen LogP contribution in [0, 0.1) is 6.92 Å². The molecule has 0 saturated heterocycles. The van der Waals surface area contributed by atoms with E-state index in [-0.39, 0.29) is 12.8 Å². The number of hydrogen-bond donors (Lipinski definition) is 0. The molecular formula is C25H28N3O6S4-. The molecule has 38 heavy (non-hydrogen) atoms. The van der Waals surface area contributed by atoms with Crippen LogP contribution in [0.1, 0.15) is 36.2 Å². The molecule has 1 aliphatic heterocycles. The summed E-state index contributed by atoms with van der Waals surface area (Å²) in [4.78, 5) is 3.14. The van der Waals surface area contributed by atoms with Crippen LogP contribution < -0.4 is 9.58 Å². The maximum Gasteiger partial charge on any atom is 0.289 e. The van der Waals surface area contributed by atoms with Gasteiger partial charge in [-0.25, -0.2) is 16.8 Å². The summed E-state index contributed by atoms with van der Waals surface area (Å²) in [5.41, 5.74) is 2.00. The highest BCUT2D eigenvalue weighted by atomic mass is 32.2. The standard InChI is InChI=1S/C25H29N3O6S4/c1-3-19(17-24-28(26-18(2)35-24)13-7-15-38(32,33)34)16-23-27(12-6-14-37(29,30)31)25-21-9-5-4-8-20(21)10-11-22(25)36-23/h4-5,8-11,16-17H,3,6-7,12-15H2,1-2H3,(H-,29,30,31,32,33,34)/p-1. The minimum Gasteiger partial charge on any atom is -0.748 e. The summed E-state index contributed by atoms with van der Waals surface area (Å²) in [5, 5.41) is 9.18. The number of nitrogens with zero attached hydrogens (tertiary/aromatic N) is 3. The summed E-state index contributed by atoms with van der Waals surface area (Å²) in [7, 11) is -8.61. The number of allylic oxidation sites excluding steroid dienone is 2. The fourth-order valence-electron chi connectivity index (χ4n) is 4.26. The number of thioether (sulfide) groups is 1. The highest BCUT2D eigenvalue weighted by molar-refractivity contribution is 8.03. The van der Waals surface area contributed by atoms with Crippen LogP contribution in [0.4, 0.5) is 5.69 Å². The smallest absolute Gasteiger partial charge is 0.289 e. The zero-order chi connectivity index (χ0) is 27.5. The Morgan fingerprint density at radius 2 is 1.76 bits per heavy atom. The van der Waals surface area contributed by atoms with E-state index in [9.17, 15) is 25.9 Å². The van der Waals surface area contributed by atoms with Crippen molar-refractivity contribution in [3.05, 3.63) is 63.1 Å². The molecule has 0 atom stereocenters. The van der Waals surface area contributed by atoms with Crippen LogP contribution in [0.5, 0.6) is 0 Å². The van der Waals surface area contributed by atoms with E-state index in [4.69, 9.17) is 0 Å². The van der Waals surface area contributed by atoms with Gasteiger partial charge in [-0.15, -0.1) is 0 Å². The zero-order valence-electron chi connectivity index (χ0n) is 21.0. The molecule has 0 radical (unpaired) electrons. The Bertz CT molecular complexity index is 1610. The van der Waals surface area contributed by atoms with Gasteiger partial charge in [0.05, 0.1) is 31.0 Å². The summed E-state index contributed by atoms with van der Waals surface area (Å²) in [5.74, 6) is -0.876. The van der Waals surface area contributed by atoms with Gasteiger partial charge in [0.15, 0.2) is 11.6 Å². The van der Waals surface area contributed by atoms with E-state index >= 15 is 0 Å². The minimum absolute atomic E-state index is 0.178. The molecular weight excluding hydrogens is 567 g/mol. The molecule has 1 aliphatic rings. The van der Waals surface area contributed by atoms with Crippen molar-refractivity contribution in [1.82, 2.24) is 5.10 Å². The number of aryl methyl sites for hydroxylation is 2. The molecule has 0 fully saturated rings. The van der Waals surface area contributed by atoms with Gasteiger partial charge in [-0.2, -0.15) is 0 Å². The number of anilines is 1. The van der Waals surface area contributed by atoms with E-state index < -0.39 is 31.7 Å². The van der Waals surface area contributed by atoms with Gasteiger partial charge in [0.25, 0.3) is 5.01 Å². The Hall–Kier alpha value is -2.29. The summed E-state index contributed by atoms with van der Waals surface area (Å²) in [6.07, 6.45) is 5.15. The third-order valence-electron chi connectivity index (χ3n) is 5.95. The summed E-state index contributed by atoms with van der Waals surface area (Å²) >= 11 is 3.07. The van der Waals surface area contributed by atoms with Crippen LogP contribution >= 0.6 is 23.1 Å². The molecule has 0 saturated carbocycles. The lowest BCUT2D eigenvalue weighted by Gasteiger charge is -2.22. The average molecular weight is 595 g/mol. The Labute approximate surface area is 231 Å². The number of benzene rings is 2. The monoisotopic (exact) mass is 594 g/mol. The Kier molecular flexibility index (Phi) is 8.95. The Morgan fingerprint density at radius 1 is 1.05 bits per heavy atom. The second kappa shape index (κ2) is 11.8. The van der Waals surface area contributed by atoms with Gasteiger partial charge in [-0.1, -0.05) is 53.7 Å². The first kappa shape index (κ1) is 28.7. The molecule has 0 spiro atoms. The minimum atomic E-state index is -4.32. The lowest BCUT2D eigenvalue weighted by molar-refractivity contribution is -0.750. The van der Waals surface area contributed by atoms with Gasteiger partial charge < -0.3 is 14.0 Å². The van der Waals surface area contributed by atoms with Crippen LogP contribution in [0.25, 0.3) is 16.8 Å². The molecule has 9 nitrogen and oxygen atoms in total. The summed E-state index contributed by atoms with van der Waals surface area (Å²) in [6, 6.07) is 12.1. The molecule has 204 valence electrons. The third-order valence-corrected chi connectivity index (χ3v) is 9.54. The zero-order valence-corrected chi connectivity index (χ0v) is 24.3. The quantitative estimate of drug-likeness (QED) is 0.238. The van der Waals surface area contributed by atoms with Gasteiger partial charge in [-0.3, -0.25) is 0 Å². The number of fused-ring (bicyclic) bond motifs is 3. The molecule has 0 unspecified atom stereocenters. The van der Waals surface area contributed by atoms with E-state index in [1.54, 1.807) is 16.4 Å². The molecule has 2 heterocycles. The van der Waals surface area contributed by atoms with Crippen molar-refractivity contribution in [2.24, 2.45) is 0 Å². The highest BCUT2D eigenvalue weighted by Crippen LogP contribution is 2.50. The SMILES string of the molecule is CCC(/C=C1\Sc2ccc3ccccc3c2N1CCCS(=O)(=O)[O-])=C\c1sc(C)n[n+]1CCCS(=O)(=O)[O-]. The summed E-state index contributed by atoms with van der Waals surface area (Å²) < 4.78 is 68.6. The lowest BCUT2D eigenvalue weighted by atomic mass is 10.1. The van der Waals surface area contributed by atoms with Crippen molar-refractivity contribution < 1.29 is 30.6 Å². The molecule has 2 aromatic carbocycles. The molecule has 3 aromatic rings. The van der Waals surface area contributed by atoms with Crippen molar-refractivity contribution in [2.75, 3.05) is 23.0 Å². The van der Waals surface area contributed by atoms with Gasteiger partial charge in [0, 0.05) is 45.9 Å². The van der Waals surface area contributed by atoms with E-state index in [0.717, 1.165) is 42.0 Å². The molecule has 0 amide bonds. The molecule has 0 aliphatic carbocycles. The van der Waals surface area contributed by atoms with Crippen LogP contribution in [-0.4, -0.2) is 49.1 Å². The van der Waals surface area contributed by atoms with Crippen LogP contribution in [0.15, 0.2) is 58.0 Å². The predicted octanol–water partition coefficient (Wildman–Crippen LogP) is 4.01. The topological polar surface area (TPSA) is 134 Å². The molecule has 13 heteroatoms. The predicted molar refractivity (Wildman–Crippen MR) is 149 cm³/mol. The van der Waals surface area contributed by atoms with Crippen molar-refractivity contribution in [3.8, 4) is 0 Å². The third kappa shape index (κ3) is 7.42.